The number of nitrogens with one attached hydrogen (secondary N) is 1. The third-order valence-corrected chi connectivity index (χ3v) is 3.44. The molecule has 2 aromatic rings. The fourth-order valence-electron chi connectivity index (χ4n) is 2.22. The largest absolute Gasteiger partial charge is 0.349 e. The number of fused-ring (bicyclic) bond motifs is 1. The number of benzene rings is 2. The Balaban J connectivity index is 2.40. The lowest BCUT2D eigenvalue weighted by atomic mass is 10.0. The second-order valence-electron chi connectivity index (χ2n) is 4.63. The van der Waals surface area contributed by atoms with Crippen LogP contribution < -0.4 is 5.32 Å². The second-order valence-corrected chi connectivity index (χ2v) is 4.63. The van der Waals surface area contributed by atoms with E-state index in [4.69, 9.17) is 0 Å². The number of halogens is 1. The molecule has 2 aromatic carbocycles. The maximum atomic E-state index is 13.7. The lowest BCUT2D eigenvalue weighted by Crippen LogP contribution is -2.33. The van der Waals surface area contributed by atoms with Crippen molar-refractivity contribution in [1.29, 1.82) is 0 Å². The Morgan fingerprint density at radius 1 is 1.11 bits per heavy atom. The molecule has 0 heterocycles. The summed E-state index contributed by atoms with van der Waals surface area (Å²) < 4.78 is 13.7. The van der Waals surface area contributed by atoms with Crippen molar-refractivity contribution in [3.63, 3.8) is 0 Å². The van der Waals surface area contributed by atoms with Crippen LogP contribution in [0.3, 0.4) is 0 Å². The Hall–Kier alpha value is -1.90. The Kier molecular flexibility index (Phi) is 4.15. The number of rotatable bonds is 4. The van der Waals surface area contributed by atoms with E-state index in [1.165, 1.54) is 6.07 Å². The first-order valence-electron chi connectivity index (χ1n) is 6.65. The summed E-state index contributed by atoms with van der Waals surface area (Å²) in [5.74, 6) is -0.431. The normalized spacial score (nSPS) is 10.9. The van der Waals surface area contributed by atoms with Gasteiger partial charge in [0.1, 0.15) is 5.82 Å². The van der Waals surface area contributed by atoms with Gasteiger partial charge in [0.05, 0.1) is 0 Å². The van der Waals surface area contributed by atoms with Crippen molar-refractivity contribution < 1.29 is 9.18 Å². The van der Waals surface area contributed by atoms with Crippen LogP contribution in [0.4, 0.5) is 4.39 Å². The predicted molar refractivity (Wildman–Crippen MR) is 75.7 cm³/mol. The van der Waals surface area contributed by atoms with Crippen LogP contribution in [0.2, 0.25) is 0 Å². The summed E-state index contributed by atoms with van der Waals surface area (Å²) in [4.78, 5) is 12.3. The molecule has 0 radical (unpaired) electrons. The maximum Gasteiger partial charge on any atom is 0.252 e. The number of carbonyl (C=O) groups is 1. The van der Waals surface area contributed by atoms with Crippen LogP contribution in [0.25, 0.3) is 10.8 Å². The van der Waals surface area contributed by atoms with Crippen molar-refractivity contribution in [2.75, 3.05) is 0 Å². The zero-order valence-electron chi connectivity index (χ0n) is 11.2. The van der Waals surface area contributed by atoms with Crippen LogP contribution in [0.15, 0.2) is 36.4 Å². The lowest BCUT2D eigenvalue weighted by Gasteiger charge is -2.15. The minimum Gasteiger partial charge on any atom is -0.349 e. The van der Waals surface area contributed by atoms with Crippen LogP contribution in [-0.4, -0.2) is 11.9 Å². The highest BCUT2D eigenvalue weighted by Crippen LogP contribution is 2.22. The van der Waals surface area contributed by atoms with Crippen molar-refractivity contribution in [2.45, 2.75) is 32.7 Å². The van der Waals surface area contributed by atoms with Gasteiger partial charge in [0.2, 0.25) is 0 Å². The molecule has 100 valence electrons. The van der Waals surface area contributed by atoms with E-state index in [9.17, 15) is 9.18 Å². The molecule has 0 saturated heterocycles. The SMILES string of the molecule is CCC(CC)NC(=O)c1ccc(F)c2ccccc12. The fourth-order valence-corrected chi connectivity index (χ4v) is 2.22. The van der Waals surface area contributed by atoms with Gasteiger partial charge >= 0.3 is 0 Å². The highest BCUT2D eigenvalue weighted by Gasteiger charge is 2.14. The highest BCUT2D eigenvalue weighted by molar-refractivity contribution is 6.07. The Bertz CT molecular complexity index is 590. The van der Waals surface area contributed by atoms with Gasteiger partial charge in [0.25, 0.3) is 5.91 Å². The molecule has 0 unspecified atom stereocenters. The first kappa shape index (κ1) is 13.5. The van der Waals surface area contributed by atoms with Gasteiger partial charge in [-0.15, -0.1) is 0 Å². The standard InChI is InChI=1S/C16H18FNO/c1-3-11(4-2)18-16(19)14-9-10-15(17)13-8-6-5-7-12(13)14/h5-11H,3-4H2,1-2H3,(H,18,19). The van der Waals surface area contributed by atoms with Gasteiger partial charge in [0, 0.05) is 17.0 Å². The summed E-state index contributed by atoms with van der Waals surface area (Å²) in [6, 6.07) is 10.1. The van der Waals surface area contributed by atoms with Gasteiger partial charge in [-0.1, -0.05) is 38.1 Å². The van der Waals surface area contributed by atoms with Crippen molar-refractivity contribution in [3.8, 4) is 0 Å². The van der Waals surface area contributed by atoms with E-state index < -0.39 is 0 Å². The van der Waals surface area contributed by atoms with E-state index in [1.54, 1.807) is 24.3 Å². The van der Waals surface area contributed by atoms with Crippen molar-refractivity contribution in [1.82, 2.24) is 5.32 Å². The van der Waals surface area contributed by atoms with E-state index in [0.717, 1.165) is 12.8 Å². The third kappa shape index (κ3) is 2.75. The molecule has 2 rings (SSSR count). The van der Waals surface area contributed by atoms with Crippen molar-refractivity contribution in [3.05, 3.63) is 47.8 Å². The van der Waals surface area contributed by atoms with E-state index in [2.05, 4.69) is 5.32 Å². The van der Waals surface area contributed by atoms with Crippen LogP contribution in [0.1, 0.15) is 37.0 Å². The van der Waals surface area contributed by atoms with Gasteiger partial charge < -0.3 is 5.32 Å². The zero-order valence-corrected chi connectivity index (χ0v) is 11.2. The molecule has 3 heteroatoms. The quantitative estimate of drug-likeness (QED) is 0.886. The fraction of sp³-hybridized carbons (Fsp3) is 0.312. The van der Waals surface area contributed by atoms with E-state index in [0.29, 0.717) is 16.3 Å². The second kappa shape index (κ2) is 5.83. The van der Waals surface area contributed by atoms with Crippen molar-refractivity contribution >= 4 is 16.7 Å². The predicted octanol–water partition coefficient (Wildman–Crippen LogP) is 3.90. The van der Waals surface area contributed by atoms with Crippen LogP contribution in [0, 0.1) is 5.82 Å². The molecule has 0 aliphatic carbocycles. The van der Waals surface area contributed by atoms with Crippen LogP contribution in [-0.2, 0) is 0 Å². The highest BCUT2D eigenvalue weighted by atomic mass is 19.1. The summed E-state index contributed by atoms with van der Waals surface area (Å²) >= 11 is 0. The Morgan fingerprint density at radius 2 is 1.74 bits per heavy atom. The summed E-state index contributed by atoms with van der Waals surface area (Å²) in [7, 11) is 0. The molecule has 0 aromatic heterocycles. The number of hydrogen-bond acceptors (Lipinski definition) is 1. The minimum atomic E-state index is -0.297. The molecule has 0 fully saturated rings. The van der Waals surface area contributed by atoms with E-state index >= 15 is 0 Å². The van der Waals surface area contributed by atoms with Crippen LogP contribution in [0.5, 0.6) is 0 Å². The summed E-state index contributed by atoms with van der Waals surface area (Å²) in [5, 5.41) is 4.13. The van der Waals surface area contributed by atoms with Crippen LogP contribution >= 0.6 is 0 Å². The number of hydrogen-bond donors (Lipinski definition) is 1. The monoisotopic (exact) mass is 259 g/mol. The summed E-state index contributed by atoms with van der Waals surface area (Å²) in [6.45, 7) is 4.08. The smallest absolute Gasteiger partial charge is 0.252 e. The third-order valence-electron chi connectivity index (χ3n) is 3.44. The van der Waals surface area contributed by atoms with Gasteiger partial charge in [-0.05, 0) is 30.4 Å². The molecule has 1 amide bonds. The molecule has 0 saturated carbocycles. The molecule has 19 heavy (non-hydrogen) atoms. The average molecular weight is 259 g/mol. The molecule has 0 aliphatic rings. The Morgan fingerprint density at radius 3 is 2.37 bits per heavy atom. The molecule has 0 spiro atoms. The molecule has 0 atom stereocenters. The summed E-state index contributed by atoms with van der Waals surface area (Å²) in [6.07, 6.45) is 1.78. The van der Waals surface area contributed by atoms with Gasteiger partial charge in [-0.25, -0.2) is 4.39 Å². The molecule has 0 bridgehead atoms. The first-order chi connectivity index (χ1) is 9.17. The average Bonchev–Trinajstić information content (AvgIpc) is 2.45. The minimum absolute atomic E-state index is 0.134. The van der Waals surface area contributed by atoms with Gasteiger partial charge in [0.15, 0.2) is 0 Å². The molecular formula is C16H18FNO. The van der Waals surface area contributed by atoms with Gasteiger partial charge in [-0.2, -0.15) is 0 Å². The lowest BCUT2D eigenvalue weighted by molar-refractivity contribution is 0.0936. The Labute approximate surface area is 112 Å². The van der Waals surface area contributed by atoms with E-state index in [1.807, 2.05) is 19.9 Å². The molecular weight excluding hydrogens is 241 g/mol. The van der Waals surface area contributed by atoms with Crippen molar-refractivity contribution in [2.24, 2.45) is 0 Å². The van der Waals surface area contributed by atoms with E-state index in [-0.39, 0.29) is 17.8 Å². The topological polar surface area (TPSA) is 29.1 Å². The number of carbonyl (C=O) groups excluding carboxylic acids is 1. The van der Waals surface area contributed by atoms with Gasteiger partial charge in [-0.3, -0.25) is 4.79 Å². The number of amides is 1. The maximum absolute atomic E-state index is 13.7. The molecule has 2 nitrogen and oxygen atoms in total. The first-order valence-corrected chi connectivity index (χ1v) is 6.65. The summed E-state index contributed by atoms with van der Waals surface area (Å²) in [5.41, 5.74) is 0.531. The molecule has 0 aliphatic heterocycles. The zero-order chi connectivity index (χ0) is 13.8. The molecule has 1 N–H and O–H groups in total.